The van der Waals surface area contributed by atoms with E-state index in [-0.39, 0.29) is 5.91 Å². The first-order valence-electron chi connectivity index (χ1n) is 7.93. The number of rotatable bonds is 7. The highest BCUT2D eigenvalue weighted by Gasteiger charge is 2.22. The van der Waals surface area contributed by atoms with Gasteiger partial charge in [0, 0.05) is 29.6 Å². The Hall–Kier alpha value is -1.23. The lowest BCUT2D eigenvalue weighted by Gasteiger charge is -2.19. The van der Waals surface area contributed by atoms with Crippen molar-refractivity contribution in [2.45, 2.75) is 31.7 Å². The number of halogens is 2. The van der Waals surface area contributed by atoms with Crippen LogP contribution < -0.4 is 15.4 Å². The maximum Gasteiger partial charge on any atom is 0.220 e. The second-order valence-electron chi connectivity index (χ2n) is 6.02. The molecule has 2 N–H and O–H groups in total. The van der Waals surface area contributed by atoms with Gasteiger partial charge in [0.15, 0.2) is 0 Å². The third kappa shape index (κ3) is 4.87. The van der Waals surface area contributed by atoms with E-state index in [0.29, 0.717) is 34.9 Å². The second-order valence-corrected chi connectivity index (χ2v) is 6.86. The summed E-state index contributed by atoms with van der Waals surface area (Å²) in [6.45, 7) is 2.05. The summed E-state index contributed by atoms with van der Waals surface area (Å²) in [7, 11) is 0. The average molecular weight is 355 g/mol. The minimum Gasteiger partial charge on any atom is -0.487 e. The van der Waals surface area contributed by atoms with Gasteiger partial charge in [0.05, 0.1) is 5.02 Å². The highest BCUT2D eigenvalue weighted by atomic mass is 35.5. The molecule has 0 bridgehead atoms. The number of amides is 1. The minimum absolute atomic E-state index is 0.160. The third-order valence-electron chi connectivity index (χ3n) is 3.85. The van der Waals surface area contributed by atoms with E-state index >= 15 is 0 Å². The zero-order valence-electron chi connectivity index (χ0n) is 12.8. The van der Waals surface area contributed by atoms with Gasteiger partial charge in [-0.25, -0.2) is 0 Å². The molecule has 3 rings (SSSR count). The van der Waals surface area contributed by atoms with Crippen LogP contribution in [0.15, 0.2) is 17.7 Å². The Morgan fingerprint density at radius 2 is 2.13 bits per heavy atom. The largest absolute Gasteiger partial charge is 0.487 e. The Kier molecular flexibility index (Phi) is 5.46. The molecule has 1 heterocycles. The first-order chi connectivity index (χ1) is 11.1. The highest BCUT2D eigenvalue weighted by molar-refractivity contribution is 6.36. The molecule has 1 amide bonds. The predicted octanol–water partition coefficient (Wildman–Crippen LogP) is 3.42. The quantitative estimate of drug-likeness (QED) is 0.737. The van der Waals surface area contributed by atoms with Crippen LogP contribution in [0, 0.1) is 0 Å². The molecule has 23 heavy (non-hydrogen) atoms. The van der Waals surface area contributed by atoms with E-state index < -0.39 is 0 Å². The molecule has 124 valence electrons. The maximum atomic E-state index is 11.6. The average Bonchev–Trinajstić information content (AvgIpc) is 3.30. The molecule has 0 aromatic heterocycles. The molecular weight excluding hydrogens is 335 g/mol. The van der Waals surface area contributed by atoms with Crippen molar-refractivity contribution in [1.82, 2.24) is 10.6 Å². The Morgan fingerprint density at radius 3 is 2.91 bits per heavy atom. The number of fused-ring (bicyclic) bond motifs is 1. The lowest BCUT2D eigenvalue weighted by Crippen LogP contribution is -2.27. The van der Waals surface area contributed by atoms with Crippen LogP contribution >= 0.6 is 23.2 Å². The molecule has 0 spiro atoms. The van der Waals surface area contributed by atoms with E-state index in [4.69, 9.17) is 27.9 Å². The fourth-order valence-electron chi connectivity index (χ4n) is 2.52. The molecule has 6 heteroatoms. The van der Waals surface area contributed by atoms with E-state index in [9.17, 15) is 4.79 Å². The Bertz CT molecular complexity index is 627. The van der Waals surface area contributed by atoms with Crippen LogP contribution in [0.2, 0.25) is 10.0 Å². The van der Waals surface area contributed by atoms with Crippen molar-refractivity contribution in [3.63, 3.8) is 0 Å². The van der Waals surface area contributed by atoms with Crippen molar-refractivity contribution in [1.29, 1.82) is 0 Å². The van der Waals surface area contributed by atoms with Crippen molar-refractivity contribution in [3.05, 3.63) is 33.3 Å². The van der Waals surface area contributed by atoms with Gasteiger partial charge < -0.3 is 15.4 Å². The van der Waals surface area contributed by atoms with E-state index in [1.54, 1.807) is 6.07 Å². The predicted molar refractivity (Wildman–Crippen MR) is 93.2 cm³/mol. The van der Waals surface area contributed by atoms with Gasteiger partial charge in [-0.3, -0.25) is 4.79 Å². The smallest absolute Gasteiger partial charge is 0.220 e. The molecular formula is C17H20Cl2N2O2. The minimum atomic E-state index is 0.160. The highest BCUT2D eigenvalue weighted by Crippen LogP contribution is 2.36. The zero-order valence-corrected chi connectivity index (χ0v) is 14.3. The van der Waals surface area contributed by atoms with Crippen LogP contribution in [-0.4, -0.2) is 31.6 Å². The molecule has 4 nitrogen and oxygen atoms in total. The van der Waals surface area contributed by atoms with E-state index in [1.807, 2.05) is 6.07 Å². The monoisotopic (exact) mass is 354 g/mol. The number of nitrogens with one attached hydrogen (secondary N) is 2. The van der Waals surface area contributed by atoms with Gasteiger partial charge in [-0.05, 0) is 49.6 Å². The number of hydrogen-bond donors (Lipinski definition) is 2. The molecule has 0 radical (unpaired) electrons. The molecule has 2 aliphatic rings. The molecule has 1 saturated carbocycles. The Balaban J connectivity index is 1.42. The SMILES string of the molecule is O=C(CCCNCC1=Cc2cc(Cl)cc(Cl)c2OC1)NC1CC1. The van der Waals surface area contributed by atoms with Crippen molar-refractivity contribution < 1.29 is 9.53 Å². The fraction of sp³-hybridized carbons (Fsp3) is 0.471. The molecule has 0 atom stereocenters. The normalized spacial score (nSPS) is 16.3. The lowest BCUT2D eigenvalue weighted by atomic mass is 10.1. The van der Waals surface area contributed by atoms with Gasteiger partial charge in [0.1, 0.15) is 12.4 Å². The van der Waals surface area contributed by atoms with Crippen LogP contribution in [0.25, 0.3) is 6.08 Å². The van der Waals surface area contributed by atoms with Crippen molar-refractivity contribution >= 4 is 35.2 Å². The summed E-state index contributed by atoms with van der Waals surface area (Å²) >= 11 is 12.1. The van der Waals surface area contributed by atoms with Crippen LogP contribution in [0.1, 0.15) is 31.2 Å². The van der Waals surface area contributed by atoms with Gasteiger partial charge in [-0.15, -0.1) is 0 Å². The molecule has 1 aromatic carbocycles. The number of benzene rings is 1. The van der Waals surface area contributed by atoms with Crippen LogP contribution in [0.3, 0.4) is 0 Å². The van der Waals surface area contributed by atoms with Crippen molar-refractivity contribution in [3.8, 4) is 5.75 Å². The Morgan fingerprint density at radius 1 is 1.30 bits per heavy atom. The van der Waals surface area contributed by atoms with Crippen LogP contribution in [-0.2, 0) is 4.79 Å². The number of ether oxygens (including phenoxy) is 1. The zero-order chi connectivity index (χ0) is 16.2. The summed E-state index contributed by atoms with van der Waals surface area (Å²) in [5.74, 6) is 0.851. The standard InChI is InChI=1S/C17H20Cl2N2O2/c18-13-7-12-6-11(10-23-17(12)15(19)8-13)9-20-5-1-2-16(22)21-14-3-4-14/h6-8,14,20H,1-5,9-10H2,(H,21,22). The summed E-state index contributed by atoms with van der Waals surface area (Å²) in [5, 5.41) is 7.48. The summed E-state index contributed by atoms with van der Waals surface area (Å²) < 4.78 is 5.70. The topological polar surface area (TPSA) is 50.4 Å². The molecule has 0 unspecified atom stereocenters. The van der Waals surface area contributed by atoms with Crippen LogP contribution in [0.4, 0.5) is 0 Å². The van der Waals surface area contributed by atoms with Gasteiger partial charge in [-0.2, -0.15) is 0 Å². The molecule has 1 fully saturated rings. The summed E-state index contributed by atoms with van der Waals surface area (Å²) in [5.41, 5.74) is 2.05. The van der Waals surface area contributed by atoms with Gasteiger partial charge >= 0.3 is 0 Å². The van der Waals surface area contributed by atoms with Crippen molar-refractivity contribution in [2.75, 3.05) is 19.7 Å². The fourth-order valence-corrected chi connectivity index (χ4v) is 3.08. The summed E-state index contributed by atoms with van der Waals surface area (Å²) in [6.07, 6.45) is 5.73. The number of carbonyl (C=O) groups is 1. The first kappa shape index (κ1) is 16.6. The van der Waals surface area contributed by atoms with E-state index in [2.05, 4.69) is 16.7 Å². The molecule has 1 aliphatic carbocycles. The van der Waals surface area contributed by atoms with Crippen LogP contribution in [0.5, 0.6) is 5.75 Å². The van der Waals surface area contributed by atoms with E-state index in [0.717, 1.165) is 43.5 Å². The molecule has 1 aliphatic heterocycles. The van der Waals surface area contributed by atoms with Gasteiger partial charge in [-0.1, -0.05) is 23.2 Å². The first-order valence-corrected chi connectivity index (χ1v) is 8.69. The maximum absolute atomic E-state index is 11.6. The molecule has 1 aromatic rings. The summed E-state index contributed by atoms with van der Waals surface area (Å²) in [4.78, 5) is 11.6. The van der Waals surface area contributed by atoms with Gasteiger partial charge in [0.2, 0.25) is 5.91 Å². The summed E-state index contributed by atoms with van der Waals surface area (Å²) in [6, 6.07) is 3.98. The van der Waals surface area contributed by atoms with Crippen molar-refractivity contribution in [2.24, 2.45) is 0 Å². The van der Waals surface area contributed by atoms with E-state index in [1.165, 1.54) is 0 Å². The van der Waals surface area contributed by atoms with Gasteiger partial charge in [0.25, 0.3) is 0 Å². The second kappa shape index (κ2) is 7.56. The molecule has 0 saturated heterocycles. The number of carbonyl (C=O) groups excluding carboxylic acids is 1. The Labute approximate surface area is 146 Å². The number of hydrogen-bond acceptors (Lipinski definition) is 3. The third-order valence-corrected chi connectivity index (χ3v) is 4.35. The lowest BCUT2D eigenvalue weighted by molar-refractivity contribution is -0.121.